The minimum atomic E-state index is -1.06. The molecule has 0 aromatic rings. The van der Waals surface area contributed by atoms with Crippen LogP contribution in [0.2, 0.25) is 0 Å². The quantitative estimate of drug-likeness (QED) is 0.249. The predicted molar refractivity (Wildman–Crippen MR) is 79.3 cm³/mol. The molecule has 10 heteroatoms. The van der Waals surface area contributed by atoms with Crippen LogP contribution in [0.25, 0.3) is 0 Å². The molecular weight excluding hydrogens is 308 g/mol. The van der Waals surface area contributed by atoms with Crippen molar-refractivity contribution in [3.63, 3.8) is 0 Å². The third kappa shape index (κ3) is 9.68. The summed E-state index contributed by atoms with van der Waals surface area (Å²) in [6, 6.07) is -2.11. The molecule has 0 rings (SSSR count). The molecule has 132 valence electrons. The Morgan fingerprint density at radius 2 is 1.26 bits per heavy atom. The molecule has 0 aromatic heterocycles. The molecule has 10 nitrogen and oxygen atoms in total. The third-order valence-electron chi connectivity index (χ3n) is 2.77. The lowest BCUT2D eigenvalue weighted by Crippen LogP contribution is -2.40. The van der Waals surface area contributed by atoms with Gasteiger partial charge in [-0.25, -0.2) is 9.59 Å². The SMILES string of the molecule is NCCCC(=O)OC(=O)C(N)CCCC(=O)OC(=O)C(N)CN. The summed E-state index contributed by atoms with van der Waals surface area (Å²) in [7, 11) is 0. The monoisotopic (exact) mass is 332 g/mol. The van der Waals surface area contributed by atoms with Gasteiger partial charge in [0.1, 0.15) is 12.1 Å². The fourth-order valence-electron chi connectivity index (χ4n) is 1.40. The van der Waals surface area contributed by atoms with Crippen molar-refractivity contribution in [2.24, 2.45) is 22.9 Å². The number of carbonyl (C=O) groups excluding carboxylic acids is 4. The average molecular weight is 332 g/mol. The van der Waals surface area contributed by atoms with Crippen LogP contribution in [0.3, 0.4) is 0 Å². The highest BCUT2D eigenvalue weighted by Crippen LogP contribution is 2.04. The number of esters is 4. The van der Waals surface area contributed by atoms with Gasteiger partial charge in [-0.05, 0) is 25.8 Å². The number of ether oxygens (including phenoxy) is 2. The van der Waals surface area contributed by atoms with E-state index in [-0.39, 0.29) is 32.2 Å². The van der Waals surface area contributed by atoms with Crippen LogP contribution in [0.5, 0.6) is 0 Å². The number of carbonyl (C=O) groups is 4. The summed E-state index contributed by atoms with van der Waals surface area (Å²) in [5, 5.41) is 0. The standard InChI is InChI=1S/C13H24N4O6/c14-6-2-5-11(19)22-12(20)8(16)3-1-4-10(18)23-13(21)9(17)7-15/h8-9H,1-7,14-17H2. The fraction of sp³-hybridized carbons (Fsp3) is 0.692. The lowest BCUT2D eigenvalue weighted by Gasteiger charge is -2.10. The number of nitrogens with two attached hydrogens (primary N) is 4. The van der Waals surface area contributed by atoms with Gasteiger partial charge in [-0.1, -0.05) is 0 Å². The zero-order chi connectivity index (χ0) is 17.8. The maximum atomic E-state index is 11.5. The molecule has 0 amide bonds. The molecule has 2 unspecified atom stereocenters. The first-order valence-electron chi connectivity index (χ1n) is 7.22. The second-order valence-electron chi connectivity index (χ2n) is 4.82. The van der Waals surface area contributed by atoms with Crippen LogP contribution in [-0.4, -0.2) is 49.1 Å². The Bertz CT molecular complexity index is 429. The van der Waals surface area contributed by atoms with Crippen molar-refractivity contribution in [1.29, 1.82) is 0 Å². The average Bonchev–Trinajstić information content (AvgIpc) is 2.51. The highest BCUT2D eigenvalue weighted by atomic mass is 16.6. The number of rotatable bonds is 10. The van der Waals surface area contributed by atoms with Crippen LogP contribution in [-0.2, 0) is 28.7 Å². The van der Waals surface area contributed by atoms with Gasteiger partial charge in [-0.15, -0.1) is 0 Å². The van der Waals surface area contributed by atoms with Gasteiger partial charge in [0, 0.05) is 19.4 Å². The fourth-order valence-corrected chi connectivity index (χ4v) is 1.40. The van der Waals surface area contributed by atoms with Gasteiger partial charge in [0.15, 0.2) is 0 Å². The third-order valence-corrected chi connectivity index (χ3v) is 2.77. The highest BCUT2D eigenvalue weighted by Gasteiger charge is 2.20. The predicted octanol–water partition coefficient (Wildman–Crippen LogP) is -2.35. The van der Waals surface area contributed by atoms with Gasteiger partial charge in [-0.3, -0.25) is 9.59 Å². The molecule has 0 radical (unpaired) electrons. The van der Waals surface area contributed by atoms with Crippen molar-refractivity contribution in [2.45, 2.75) is 44.2 Å². The molecule has 8 N–H and O–H groups in total. The molecule has 0 aliphatic rings. The van der Waals surface area contributed by atoms with Gasteiger partial charge in [0.2, 0.25) is 0 Å². The summed E-state index contributed by atoms with van der Waals surface area (Å²) in [5.74, 6) is -3.27. The number of hydrogen-bond donors (Lipinski definition) is 4. The molecule has 0 saturated heterocycles. The second-order valence-corrected chi connectivity index (χ2v) is 4.82. The van der Waals surface area contributed by atoms with Gasteiger partial charge in [0.05, 0.1) is 0 Å². The normalized spacial score (nSPS) is 13.0. The zero-order valence-electron chi connectivity index (χ0n) is 12.9. The topological polar surface area (TPSA) is 191 Å². The molecule has 0 aliphatic carbocycles. The summed E-state index contributed by atoms with van der Waals surface area (Å²) < 4.78 is 8.97. The van der Waals surface area contributed by atoms with Crippen LogP contribution in [0.15, 0.2) is 0 Å². The molecule has 0 spiro atoms. The Labute approximate surface area is 133 Å². The maximum absolute atomic E-state index is 11.5. The van der Waals surface area contributed by atoms with Crippen LogP contribution in [0, 0.1) is 0 Å². The van der Waals surface area contributed by atoms with E-state index >= 15 is 0 Å². The highest BCUT2D eigenvalue weighted by molar-refractivity contribution is 5.89. The first kappa shape index (κ1) is 21.1. The van der Waals surface area contributed by atoms with E-state index in [9.17, 15) is 19.2 Å². The summed E-state index contributed by atoms with van der Waals surface area (Å²) in [6.07, 6.45) is 0.578. The zero-order valence-corrected chi connectivity index (χ0v) is 12.9. The Morgan fingerprint density at radius 3 is 1.74 bits per heavy atom. The van der Waals surface area contributed by atoms with Crippen LogP contribution >= 0.6 is 0 Å². The first-order chi connectivity index (χ1) is 10.8. The molecule has 2 atom stereocenters. The van der Waals surface area contributed by atoms with Crippen molar-refractivity contribution in [2.75, 3.05) is 13.1 Å². The van der Waals surface area contributed by atoms with E-state index < -0.39 is 36.0 Å². The van der Waals surface area contributed by atoms with Crippen molar-refractivity contribution < 1.29 is 28.7 Å². The molecule has 0 fully saturated rings. The van der Waals surface area contributed by atoms with Crippen molar-refractivity contribution in [3.8, 4) is 0 Å². The molecule has 0 saturated carbocycles. The lowest BCUT2D eigenvalue weighted by atomic mass is 10.1. The van der Waals surface area contributed by atoms with Gasteiger partial charge >= 0.3 is 23.9 Å². The smallest absolute Gasteiger partial charge is 0.331 e. The van der Waals surface area contributed by atoms with Crippen LogP contribution in [0.1, 0.15) is 32.1 Å². The van der Waals surface area contributed by atoms with E-state index in [0.717, 1.165) is 0 Å². The maximum Gasteiger partial charge on any atom is 0.331 e. The van der Waals surface area contributed by atoms with E-state index in [2.05, 4.69) is 9.47 Å². The summed E-state index contributed by atoms with van der Waals surface area (Å²) in [6.45, 7) is 0.172. The van der Waals surface area contributed by atoms with Gasteiger partial charge < -0.3 is 32.4 Å². The van der Waals surface area contributed by atoms with E-state index in [1.165, 1.54) is 0 Å². The molecule has 0 aliphatic heterocycles. The Hall–Kier alpha value is -1.88. The minimum Gasteiger partial charge on any atom is -0.392 e. The summed E-state index contributed by atoms with van der Waals surface area (Å²) in [5.41, 5.74) is 21.2. The van der Waals surface area contributed by atoms with Crippen molar-refractivity contribution in [3.05, 3.63) is 0 Å². The Kier molecular flexibility index (Phi) is 10.7. The molecule has 0 aromatic carbocycles. The molecule has 0 bridgehead atoms. The van der Waals surface area contributed by atoms with Gasteiger partial charge in [-0.2, -0.15) is 0 Å². The number of hydrogen-bond acceptors (Lipinski definition) is 10. The molecular formula is C13H24N4O6. The largest absolute Gasteiger partial charge is 0.392 e. The minimum absolute atomic E-state index is 0.0325. The van der Waals surface area contributed by atoms with Gasteiger partial charge in [0.25, 0.3) is 0 Å². The summed E-state index contributed by atoms with van der Waals surface area (Å²) in [4.78, 5) is 45.3. The van der Waals surface area contributed by atoms with E-state index in [1.54, 1.807) is 0 Å². The Morgan fingerprint density at radius 1 is 0.783 bits per heavy atom. The van der Waals surface area contributed by atoms with Crippen LogP contribution in [0.4, 0.5) is 0 Å². The second kappa shape index (κ2) is 11.7. The van der Waals surface area contributed by atoms with Crippen molar-refractivity contribution >= 4 is 23.9 Å². The molecule has 0 heterocycles. The van der Waals surface area contributed by atoms with E-state index in [0.29, 0.717) is 13.0 Å². The van der Waals surface area contributed by atoms with E-state index in [4.69, 9.17) is 22.9 Å². The van der Waals surface area contributed by atoms with E-state index in [1.807, 2.05) is 0 Å². The first-order valence-corrected chi connectivity index (χ1v) is 7.22. The van der Waals surface area contributed by atoms with Crippen LogP contribution < -0.4 is 22.9 Å². The lowest BCUT2D eigenvalue weighted by molar-refractivity contribution is -0.163. The van der Waals surface area contributed by atoms with Crippen molar-refractivity contribution in [1.82, 2.24) is 0 Å². The summed E-state index contributed by atoms with van der Waals surface area (Å²) >= 11 is 0. The molecule has 23 heavy (non-hydrogen) atoms. The Balaban J connectivity index is 3.98.